The average molecular weight is 323 g/mol. The molecule has 0 atom stereocenters. The molecule has 0 saturated carbocycles. The van der Waals surface area contributed by atoms with Crippen molar-refractivity contribution in [3.05, 3.63) is 77.9 Å². The van der Waals surface area contributed by atoms with Gasteiger partial charge < -0.3 is 15.5 Å². The summed E-state index contributed by atoms with van der Waals surface area (Å²) in [5.74, 6) is -0.0816. The summed E-state index contributed by atoms with van der Waals surface area (Å²) in [5, 5.41) is 6.22. The highest BCUT2D eigenvalue weighted by atomic mass is 16.1. The third-order valence-corrected chi connectivity index (χ3v) is 3.65. The molecule has 2 rings (SSSR count). The Morgan fingerprint density at radius 3 is 2.46 bits per heavy atom. The van der Waals surface area contributed by atoms with Crippen LogP contribution in [0.4, 0.5) is 5.69 Å². The van der Waals surface area contributed by atoms with Gasteiger partial charge in [-0.3, -0.25) is 4.79 Å². The summed E-state index contributed by atoms with van der Waals surface area (Å²) in [7, 11) is 4.08. The second-order valence-electron chi connectivity index (χ2n) is 5.90. The van der Waals surface area contributed by atoms with Crippen LogP contribution >= 0.6 is 0 Å². The van der Waals surface area contributed by atoms with Gasteiger partial charge in [0.1, 0.15) is 0 Å². The maximum atomic E-state index is 12.5. The molecule has 0 aromatic heterocycles. The van der Waals surface area contributed by atoms with E-state index in [9.17, 15) is 4.79 Å². The molecule has 0 heterocycles. The smallest absolute Gasteiger partial charge is 0.253 e. The molecule has 0 radical (unpaired) electrons. The minimum absolute atomic E-state index is 0.0816. The Bertz CT molecular complexity index is 695. The van der Waals surface area contributed by atoms with Gasteiger partial charge in [0.05, 0.1) is 5.56 Å². The Hall–Kier alpha value is -2.59. The molecule has 0 aliphatic heterocycles. The number of anilines is 1. The second kappa shape index (κ2) is 8.89. The normalized spacial score (nSPS) is 10.5. The predicted molar refractivity (Wildman–Crippen MR) is 100 cm³/mol. The summed E-state index contributed by atoms with van der Waals surface area (Å²) in [6.45, 7) is 5.68. The van der Waals surface area contributed by atoms with Crippen LogP contribution in [0.15, 0.2) is 61.2 Å². The van der Waals surface area contributed by atoms with E-state index in [1.807, 2.05) is 50.5 Å². The Morgan fingerprint density at radius 1 is 1.08 bits per heavy atom. The van der Waals surface area contributed by atoms with Crippen molar-refractivity contribution in [1.29, 1.82) is 0 Å². The van der Waals surface area contributed by atoms with E-state index < -0.39 is 0 Å². The van der Waals surface area contributed by atoms with Gasteiger partial charge in [-0.25, -0.2) is 0 Å². The number of carbonyl (C=O) groups is 1. The van der Waals surface area contributed by atoms with E-state index in [2.05, 4.69) is 34.2 Å². The van der Waals surface area contributed by atoms with Crippen LogP contribution < -0.4 is 10.6 Å². The summed E-state index contributed by atoms with van der Waals surface area (Å²) in [6, 6.07) is 15.7. The fourth-order valence-electron chi connectivity index (χ4n) is 2.51. The SMILES string of the molecule is C=CCNc1ccccc1C(=O)NCc1ccccc1CN(C)C. The molecule has 0 bridgehead atoms. The van der Waals surface area contributed by atoms with Gasteiger partial charge in [0.15, 0.2) is 0 Å². The molecule has 0 saturated heterocycles. The number of amides is 1. The number of hydrogen-bond donors (Lipinski definition) is 2. The van der Waals surface area contributed by atoms with Crippen LogP contribution in [0, 0.1) is 0 Å². The molecule has 2 N–H and O–H groups in total. The number of carbonyl (C=O) groups excluding carboxylic acids is 1. The van der Waals surface area contributed by atoms with Crippen LogP contribution in [0.1, 0.15) is 21.5 Å². The Labute approximate surface area is 144 Å². The van der Waals surface area contributed by atoms with Gasteiger partial charge in [-0.15, -0.1) is 6.58 Å². The highest BCUT2D eigenvalue weighted by molar-refractivity contribution is 5.99. The highest BCUT2D eigenvalue weighted by Gasteiger charge is 2.11. The van der Waals surface area contributed by atoms with Gasteiger partial charge in [-0.1, -0.05) is 42.5 Å². The number of hydrogen-bond acceptors (Lipinski definition) is 3. The minimum Gasteiger partial charge on any atom is -0.381 e. The maximum Gasteiger partial charge on any atom is 0.253 e. The Balaban J connectivity index is 2.08. The van der Waals surface area contributed by atoms with Crippen molar-refractivity contribution in [2.45, 2.75) is 13.1 Å². The topological polar surface area (TPSA) is 44.4 Å². The molecule has 4 heteroatoms. The average Bonchev–Trinajstić information content (AvgIpc) is 2.58. The predicted octanol–water partition coefficient (Wildman–Crippen LogP) is 3.28. The van der Waals surface area contributed by atoms with Gasteiger partial charge in [0.2, 0.25) is 0 Å². The first-order valence-corrected chi connectivity index (χ1v) is 8.05. The van der Waals surface area contributed by atoms with E-state index in [0.717, 1.165) is 17.8 Å². The summed E-state index contributed by atoms with van der Waals surface area (Å²) in [4.78, 5) is 14.7. The van der Waals surface area contributed by atoms with Crippen LogP contribution in [0.2, 0.25) is 0 Å². The third-order valence-electron chi connectivity index (χ3n) is 3.65. The van der Waals surface area contributed by atoms with E-state index in [-0.39, 0.29) is 5.91 Å². The first-order chi connectivity index (χ1) is 11.6. The lowest BCUT2D eigenvalue weighted by atomic mass is 10.1. The molecule has 0 unspecified atom stereocenters. The van der Waals surface area contributed by atoms with Crippen LogP contribution in [0.25, 0.3) is 0 Å². The van der Waals surface area contributed by atoms with Gasteiger partial charge in [0, 0.05) is 25.3 Å². The van der Waals surface area contributed by atoms with Gasteiger partial charge in [0.25, 0.3) is 5.91 Å². The third kappa shape index (κ3) is 4.96. The van der Waals surface area contributed by atoms with Crippen LogP contribution in [0.5, 0.6) is 0 Å². The zero-order valence-corrected chi connectivity index (χ0v) is 14.4. The number of nitrogens with one attached hydrogen (secondary N) is 2. The number of para-hydroxylation sites is 1. The molecule has 0 aliphatic rings. The molecule has 2 aromatic rings. The Kier molecular flexibility index (Phi) is 6.58. The van der Waals surface area contributed by atoms with E-state index in [1.54, 1.807) is 6.08 Å². The summed E-state index contributed by atoms with van der Waals surface area (Å²) < 4.78 is 0. The molecule has 1 amide bonds. The largest absolute Gasteiger partial charge is 0.381 e. The van der Waals surface area contributed by atoms with Crippen molar-refractivity contribution in [2.24, 2.45) is 0 Å². The Morgan fingerprint density at radius 2 is 1.75 bits per heavy atom. The van der Waals surface area contributed by atoms with Crippen LogP contribution in [-0.4, -0.2) is 31.4 Å². The van der Waals surface area contributed by atoms with Crippen molar-refractivity contribution in [1.82, 2.24) is 10.2 Å². The summed E-state index contributed by atoms with van der Waals surface area (Å²) in [6.07, 6.45) is 1.77. The van der Waals surface area contributed by atoms with Crippen LogP contribution in [-0.2, 0) is 13.1 Å². The zero-order valence-electron chi connectivity index (χ0n) is 14.4. The zero-order chi connectivity index (χ0) is 17.4. The highest BCUT2D eigenvalue weighted by Crippen LogP contribution is 2.16. The van der Waals surface area contributed by atoms with Crippen molar-refractivity contribution < 1.29 is 4.79 Å². The molecular formula is C20H25N3O. The quantitative estimate of drug-likeness (QED) is 0.733. The number of rotatable bonds is 8. The van der Waals surface area contributed by atoms with Crippen molar-refractivity contribution in [3.8, 4) is 0 Å². The molecule has 0 aliphatic carbocycles. The molecule has 24 heavy (non-hydrogen) atoms. The second-order valence-corrected chi connectivity index (χ2v) is 5.90. The van der Waals surface area contributed by atoms with Crippen molar-refractivity contribution >= 4 is 11.6 Å². The lowest BCUT2D eigenvalue weighted by Gasteiger charge is -2.15. The monoisotopic (exact) mass is 323 g/mol. The van der Waals surface area contributed by atoms with Crippen molar-refractivity contribution in [2.75, 3.05) is 26.0 Å². The van der Waals surface area contributed by atoms with Gasteiger partial charge in [-0.05, 0) is 37.4 Å². The maximum absolute atomic E-state index is 12.5. The molecule has 0 spiro atoms. The fraction of sp³-hybridized carbons (Fsp3) is 0.250. The minimum atomic E-state index is -0.0816. The lowest BCUT2D eigenvalue weighted by molar-refractivity contribution is 0.0951. The molecule has 4 nitrogen and oxygen atoms in total. The standard InChI is InChI=1S/C20H25N3O/c1-4-13-21-19-12-8-7-11-18(19)20(24)22-14-16-9-5-6-10-17(16)15-23(2)3/h4-12,21H,1,13-15H2,2-3H3,(H,22,24). The number of nitrogens with zero attached hydrogens (tertiary/aromatic N) is 1. The molecule has 0 fully saturated rings. The first kappa shape index (κ1) is 17.8. The van der Waals surface area contributed by atoms with Crippen LogP contribution in [0.3, 0.4) is 0 Å². The number of benzene rings is 2. The summed E-state index contributed by atoms with van der Waals surface area (Å²) in [5.41, 5.74) is 3.82. The molecule has 2 aromatic carbocycles. The van der Waals surface area contributed by atoms with E-state index in [1.165, 1.54) is 5.56 Å². The molecular weight excluding hydrogens is 298 g/mol. The fourth-order valence-corrected chi connectivity index (χ4v) is 2.51. The molecule has 126 valence electrons. The van der Waals surface area contributed by atoms with E-state index in [4.69, 9.17) is 0 Å². The van der Waals surface area contributed by atoms with E-state index in [0.29, 0.717) is 18.7 Å². The first-order valence-electron chi connectivity index (χ1n) is 8.05. The van der Waals surface area contributed by atoms with Crippen molar-refractivity contribution in [3.63, 3.8) is 0 Å². The lowest BCUT2D eigenvalue weighted by Crippen LogP contribution is -2.25. The van der Waals surface area contributed by atoms with Gasteiger partial charge in [-0.2, -0.15) is 0 Å². The summed E-state index contributed by atoms with van der Waals surface area (Å²) >= 11 is 0. The van der Waals surface area contributed by atoms with E-state index >= 15 is 0 Å². The van der Waals surface area contributed by atoms with Gasteiger partial charge >= 0.3 is 0 Å².